The molecule has 2 heterocycles. The van der Waals surface area contributed by atoms with Gasteiger partial charge in [-0.05, 0) is 48.9 Å². The Bertz CT molecular complexity index is 1170. The van der Waals surface area contributed by atoms with Crippen molar-refractivity contribution in [1.29, 1.82) is 0 Å². The summed E-state index contributed by atoms with van der Waals surface area (Å²) < 4.78 is 6.57. The molecule has 0 unspecified atom stereocenters. The molecule has 0 N–H and O–H groups in total. The minimum Gasteiger partial charge on any atom is -0.492 e. The van der Waals surface area contributed by atoms with Crippen LogP contribution in [-0.2, 0) is 14.4 Å². The number of carbonyl (C=O) groups is 2. The van der Waals surface area contributed by atoms with E-state index in [4.69, 9.17) is 9.57 Å². The molecule has 0 saturated carbocycles. The summed E-state index contributed by atoms with van der Waals surface area (Å²) in [4.78, 5) is 34.6. The van der Waals surface area contributed by atoms with Crippen LogP contribution in [0.2, 0.25) is 0 Å². The van der Waals surface area contributed by atoms with E-state index in [-0.39, 0.29) is 11.8 Å². The van der Waals surface area contributed by atoms with Crippen LogP contribution in [0.3, 0.4) is 0 Å². The lowest BCUT2D eigenvalue weighted by atomic mass is 9.90. The second kappa shape index (κ2) is 8.41. The van der Waals surface area contributed by atoms with E-state index in [1.54, 1.807) is 23.3 Å². The molecule has 2 aliphatic rings. The van der Waals surface area contributed by atoms with Gasteiger partial charge in [-0.15, -0.1) is 0 Å². The Kier molecular flexibility index (Phi) is 5.45. The molecule has 5 rings (SSSR count). The highest BCUT2D eigenvalue weighted by molar-refractivity contribution is 9.10. The summed E-state index contributed by atoms with van der Waals surface area (Å²) >= 11 is 3.52. The first-order valence-electron chi connectivity index (χ1n) is 10.5. The van der Waals surface area contributed by atoms with Gasteiger partial charge in [0, 0.05) is 4.47 Å². The fourth-order valence-electron chi connectivity index (χ4n) is 4.40. The number of amides is 2. The minimum atomic E-state index is -0.915. The van der Waals surface area contributed by atoms with Crippen LogP contribution >= 0.6 is 15.9 Å². The normalized spacial score (nSPS) is 22.4. The van der Waals surface area contributed by atoms with E-state index in [1.165, 1.54) is 4.90 Å². The van der Waals surface area contributed by atoms with Crippen molar-refractivity contribution >= 4 is 39.1 Å². The third-order valence-electron chi connectivity index (χ3n) is 5.72. The topological polar surface area (TPSA) is 59.1 Å². The van der Waals surface area contributed by atoms with Crippen molar-refractivity contribution in [1.82, 2.24) is 0 Å². The number of ether oxygens (including phenoxy) is 1. The summed E-state index contributed by atoms with van der Waals surface area (Å²) in [5, 5.41) is 1.69. The summed E-state index contributed by atoms with van der Waals surface area (Å²) in [6, 6.07) is 23.9. The number of para-hydroxylation sites is 3. The van der Waals surface area contributed by atoms with Gasteiger partial charge in [0.2, 0.25) is 5.91 Å². The summed E-state index contributed by atoms with van der Waals surface area (Å²) in [5.41, 5.74) is 2.12. The van der Waals surface area contributed by atoms with Gasteiger partial charge in [-0.2, -0.15) is 0 Å². The molecule has 0 spiro atoms. The molecule has 0 bridgehead atoms. The van der Waals surface area contributed by atoms with Crippen molar-refractivity contribution in [2.24, 2.45) is 5.92 Å². The largest absolute Gasteiger partial charge is 0.492 e. The van der Waals surface area contributed by atoms with Gasteiger partial charge in [-0.1, -0.05) is 58.4 Å². The van der Waals surface area contributed by atoms with Crippen LogP contribution in [0.5, 0.6) is 5.75 Å². The molecule has 6 nitrogen and oxygen atoms in total. The zero-order valence-corrected chi connectivity index (χ0v) is 18.9. The first-order valence-corrected chi connectivity index (χ1v) is 11.3. The molecular formula is C25H21BrN2O4. The molecule has 3 aromatic carbocycles. The molecule has 7 heteroatoms. The molecule has 0 aromatic heterocycles. The molecule has 32 heavy (non-hydrogen) atoms. The van der Waals surface area contributed by atoms with Gasteiger partial charge >= 0.3 is 0 Å². The fraction of sp³-hybridized carbons (Fsp3) is 0.200. The maximum Gasteiger partial charge on any atom is 0.266 e. The van der Waals surface area contributed by atoms with Gasteiger partial charge in [-0.3, -0.25) is 14.4 Å². The lowest BCUT2D eigenvalue weighted by Gasteiger charge is -2.29. The van der Waals surface area contributed by atoms with E-state index in [1.807, 2.05) is 67.6 Å². The molecule has 3 atom stereocenters. The average molecular weight is 493 g/mol. The Labute approximate surface area is 194 Å². The second-order valence-electron chi connectivity index (χ2n) is 7.63. The maximum absolute atomic E-state index is 13.7. The predicted octanol–water partition coefficient (Wildman–Crippen LogP) is 4.90. The van der Waals surface area contributed by atoms with E-state index >= 15 is 0 Å². The molecule has 2 fully saturated rings. The molecule has 2 saturated heterocycles. The molecular weight excluding hydrogens is 472 g/mol. The number of anilines is 2. The Morgan fingerprint density at radius 3 is 2.44 bits per heavy atom. The van der Waals surface area contributed by atoms with Crippen molar-refractivity contribution < 1.29 is 19.2 Å². The summed E-state index contributed by atoms with van der Waals surface area (Å²) in [6.07, 6.45) is -0.915. The van der Waals surface area contributed by atoms with Crippen LogP contribution in [0.4, 0.5) is 11.4 Å². The van der Waals surface area contributed by atoms with Crippen molar-refractivity contribution in [2.75, 3.05) is 16.6 Å². The SMILES string of the molecule is CCOc1ccccc1N1C(=O)[C@H]2[C@@H](ON(c3ccccc3)[C@H]2c2cccc(Br)c2)C1=O. The Morgan fingerprint density at radius 2 is 1.69 bits per heavy atom. The lowest BCUT2D eigenvalue weighted by Crippen LogP contribution is -2.37. The molecule has 3 aromatic rings. The van der Waals surface area contributed by atoms with Crippen LogP contribution < -0.4 is 14.7 Å². The average Bonchev–Trinajstić information content (AvgIpc) is 3.31. The van der Waals surface area contributed by atoms with Gasteiger partial charge in [0.1, 0.15) is 11.7 Å². The minimum absolute atomic E-state index is 0.296. The van der Waals surface area contributed by atoms with Crippen LogP contribution in [0.1, 0.15) is 18.5 Å². The Morgan fingerprint density at radius 1 is 0.938 bits per heavy atom. The van der Waals surface area contributed by atoms with Gasteiger partial charge in [0.05, 0.1) is 24.0 Å². The standard InChI is InChI=1S/C25H21BrN2O4/c1-2-31-20-14-7-6-13-19(20)27-24(29)21-22(16-9-8-10-17(26)15-16)28(32-23(21)25(27)30)18-11-4-3-5-12-18/h3-15,21-23H,2H2,1H3/t21-,22+,23-/m1/s1. The predicted molar refractivity (Wildman–Crippen MR) is 124 cm³/mol. The van der Waals surface area contributed by atoms with Crippen LogP contribution in [0, 0.1) is 5.92 Å². The van der Waals surface area contributed by atoms with Gasteiger partial charge in [0.25, 0.3) is 5.91 Å². The second-order valence-corrected chi connectivity index (χ2v) is 8.54. The van der Waals surface area contributed by atoms with Crippen LogP contribution in [0.25, 0.3) is 0 Å². The van der Waals surface area contributed by atoms with Crippen LogP contribution in [0.15, 0.2) is 83.3 Å². The third kappa shape index (κ3) is 3.38. The quantitative estimate of drug-likeness (QED) is 0.474. The highest BCUT2D eigenvalue weighted by Crippen LogP contribution is 2.48. The van der Waals surface area contributed by atoms with E-state index in [0.717, 1.165) is 15.7 Å². The van der Waals surface area contributed by atoms with E-state index in [9.17, 15) is 9.59 Å². The Balaban J connectivity index is 1.59. The van der Waals surface area contributed by atoms with E-state index in [2.05, 4.69) is 15.9 Å². The number of hydroxylamine groups is 1. The molecule has 0 aliphatic carbocycles. The number of nitrogens with zero attached hydrogens (tertiary/aromatic N) is 2. The fourth-order valence-corrected chi connectivity index (χ4v) is 4.82. The van der Waals surface area contributed by atoms with Gasteiger partial charge < -0.3 is 4.74 Å². The zero-order chi connectivity index (χ0) is 22.2. The monoisotopic (exact) mass is 492 g/mol. The summed E-state index contributed by atoms with van der Waals surface area (Å²) in [7, 11) is 0. The van der Waals surface area contributed by atoms with Crippen molar-refractivity contribution in [2.45, 2.75) is 19.1 Å². The molecule has 2 amide bonds. The van der Waals surface area contributed by atoms with Crippen molar-refractivity contribution in [3.63, 3.8) is 0 Å². The third-order valence-corrected chi connectivity index (χ3v) is 6.22. The van der Waals surface area contributed by atoms with Gasteiger partial charge in [0.15, 0.2) is 6.10 Å². The Hall–Kier alpha value is -3.16. The van der Waals surface area contributed by atoms with Crippen LogP contribution in [-0.4, -0.2) is 24.5 Å². The number of fused-ring (bicyclic) bond motifs is 1. The number of hydrogen-bond donors (Lipinski definition) is 0. The first kappa shape index (κ1) is 20.7. The lowest BCUT2D eigenvalue weighted by molar-refractivity contribution is -0.126. The highest BCUT2D eigenvalue weighted by Gasteiger charge is 2.60. The number of rotatable bonds is 5. The summed E-state index contributed by atoms with van der Waals surface area (Å²) in [5.74, 6) is -0.872. The van der Waals surface area contributed by atoms with Gasteiger partial charge in [-0.25, -0.2) is 9.96 Å². The highest BCUT2D eigenvalue weighted by atomic mass is 79.9. The zero-order valence-electron chi connectivity index (χ0n) is 17.4. The van der Waals surface area contributed by atoms with E-state index < -0.39 is 18.1 Å². The molecule has 0 radical (unpaired) electrons. The van der Waals surface area contributed by atoms with E-state index in [0.29, 0.717) is 18.0 Å². The molecule has 2 aliphatic heterocycles. The number of imide groups is 1. The molecule has 162 valence electrons. The van der Waals surface area contributed by atoms with Crippen molar-refractivity contribution in [3.05, 3.63) is 88.9 Å². The summed E-state index contributed by atoms with van der Waals surface area (Å²) in [6.45, 7) is 2.29. The van der Waals surface area contributed by atoms with Crippen molar-refractivity contribution in [3.8, 4) is 5.75 Å². The number of hydrogen-bond acceptors (Lipinski definition) is 5. The maximum atomic E-state index is 13.7. The number of carbonyl (C=O) groups excluding carboxylic acids is 2. The smallest absolute Gasteiger partial charge is 0.266 e. The first-order chi connectivity index (χ1) is 15.6. The number of benzene rings is 3. The number of halogens is 1.